The van der Waals surface area contributed by atoms with E-state index in [1.807, 2.05) is 6.20 Å². The second-order valence-corrected chi connectivity index (χ2v) is 4.28. The first-order valence-corrected chi connectivity index (χ1v) is 6.56. The standard InChI is InChI=1S/C17H19N/c1-3-5-12-18-17(4-2)16-11-10-14-8-6-7-9-15(14)13-16/h5-13H,3-4H2,1-2H3/b12-5+,18-17?. The van der Waals surface area contributed by atoms with Gasteiger partial charge in [0.2, 0.25) is 0 Å². The molecule has 2 aromatic carbocycles. The molecule has 1 heteroatoms. The maximum atomic E-state index is 4.55. The summed E-state index contributed by atoms with van der Waals surface area (Å²) in [7, 11) is 0. The zero-order valence-corrected chi connectivity index (χ0v) is 11.1. The minimum atomic E-state index is 0.951. The summed E-state index contributed by atoms with van der Waals surface area (Å²) < 4.78 is 0. The normalized spacial score (nSPS) is 12.4. The highest BCUT2D eigenvalue weighted by Gasteiger charge is 2.01. The number of allylic oxidation sites excluding steroid dienone is 1. The van der Waals surface area contributed by atoms with Gasteiger partial charge in [-0.3, -0.25) is 4.99 Å². The lowest BCUT2D eigenvalue weighted by atomic mass is 10.0. The van der Waals surface area contributed by atoms with Crippen molar-refractivity contribution in [3.8, 4) is 0 Å². The van der Waals surface area contributed by atoms with Crippen LogP contribution in [0.3, 0.4) is 0 Å². The zero-order valence-electron chi connectivity index (χ0n) is 11.1. The Balaban J connectivity index is 2.39. The lowest BCUT2D eigenvalue weighted by Crippen LogP contribution is -1.97. The van der Waals surface area contributed by atoms with Crippen LogP contribution in [-0.4, -0.2) is 5.71 Å². The van der Waals surface area contributed by atoms with Crippen LogP contribution in [0, 0.1) is 0 Å². The average Bonchev–Trinajstić information content (AvgIpc) is 2.43. The third kappa shape index (κ3) is 2.86. The van der Waals surface area contributed by atoms with Crippen LogP contribution < -0.4 is 0 Å². The fraction of sp³-hybridized carbons (Fsp3) is 0.235. The van der Waals surface area contributed by atoms with Gasteiger partial charge in [-0.2, -0.15) is 0 Å². The lowest BCUT2D eigenvalue weighted by Gasteiger charge is -2.05. The molecule has 0 aliphatic carbocycles. The Hall–Kier alpha value is -1.89. The highest BCUT2D eigenvalue weighted by atomic mass is 14.7. The second-order valence-electron chi connectivity index (χ2n) is 4.28. The Morgan fingerprint density at radius 1 is 1.06 bits per heavy atom. The topological polar surface area (TPSA) is 12.4 Å². The van der Waals surface area contributed by atoms with E-state index in [4.69, 9.17) is 0 Å². The van der Waals surface area contributed by atoms with Crippen molar-refractivity contribution >= 4 is 16.5 Å². The van der Waals surface area contributed by atoms with Crippen LogP contribution in [0.5, 0.6) is 0 Å². The van der Waals surface area contributed by atoms with Crippen LogP contribution in [-0.2, 0) is 0 Å². The van der Waals surface area contributed by atoms with E-state index in [1.165, 1.54) is 16.3 Å². The Bertz CT molecular complexity index is 579. The van der Waals surface area contributed by atoms with Gasteiger partial charge >= 0.3 is 0 Å². The molecule has 18 heavy (non-hydrogen) atoms. The molecule has 1 nitrogen and oxygen atoms in total. The van der Waals surface area contributed by atoms with Crippen LogP contribution >= 0.6 is 0 Å². The summed E-state index contributed by atoms with van der Waals surface area (Å²) in [6, 6.07) is 15.0. The first-order valence-electron chi connectivity index (χ1n) is 6.56. The molecule has 2 rings (SSSR count). The second kappa shape index (κ2) is 6.15. The highest BCUT2D eigenvalue weighted by Crippen LogP contribution is 2.17. The van der Waals surface area contributed by atoms with Crippen molar-refractivity contribution in [1.29, 1.82) is 0 Å². The third-order valence-corrected chi connectivity index (χ3v) is 2.99. The molecule has 0 amide bonds. The van der Waals surface area contributed by atoms with E-state index in [9.17, 15) is 0 Å². The molecule has 0 fully saturated rings. The van der Waals surface area contributed by atoms with Crippen molar-refractivity contribution in [1.82, 2.24) is 0 Å². The summed E-state index contributed by atoms with van der Waals surface area (Å²) in [4.78, 5) is 4.55. The molecular formula is C17H19N. The van der Waals surface area contributed by atoms with Gasteiger partial charge in [0.05, 0.1) is 0 Å². The minimum absolute atomic E-state index is 0.951. The van der Waals surface area contributed by atoms with Crippen molar-refractivity contribution in [3.05, 3.63) is 60.3 Å². The van der Waals surface area contributed by atoms with Gasteiger partial charge in [-0.05, 0) is 35.2 Å². The van der Waals surface area contributed by atoms with Gasteiger partial charge in [-0.25, -0.2) is 0 Å². The first kappa shape index (κ1) is 12.6. The van der Waals surface area contributed by atoms with E-state index in [0.29, 0.717) is 0 Å². The van der Waals surface area contributed by atoms with Gasteiger partial charge < -0.3 is 0 Å². The monoisotopic (exact) mass is 237 g/mol. The largest absolute Gasteiger partial charge is 0.261 e. The average molecular weight is 237 g/mol. The number of aliphatic imine (C=N–C) groups is 1. The summed E-state index contributed by atoms with van der Waals surface area (Å²) in [5, 5.41) is 2.55. The quantitative estimate of drug-likeness (QED) is 0.666. The molecule has 0 saturated carbocycles. The SMILES string of the molecule is CC/C=C/N=C(CC)c1ccc2ccccc2c1. The van der Waals surface area contributed by atoms with E-state index in [2.05, 4.69) is 67.4 Å². The maximum Gasteiger partial charge on any atom is 0.0473 e. The lowest BCUT2D eigenvalue weighted by molar-refractivity contribution is 1.20. The molecule has 0 heterocycles. The minimum Gasteiger partial charge on any atom is -0.261 e. The number of fused-ring (bicyclic) bond motifs is 1. The summed E-state index contributed by atoms with van der Waals surface area (Å²) in [6.45, 7) is 4.27. The molecule has 92 valence electrons. The molecule has 0 atom stereocenters. The van der Waals surface area contributed by atoms with Gasteiger partial charge in [0.25, 0.3) is 0 Å². The summed E-state index contributed by atoms with van der Waals surface area (Å²) >= 11 is 0. The fourth-order valence-corrected chi connectivity index (χ4v) is 1.99. The van der Waals surface area contributed by atoms with Crippen LogP contribution in [0.25, 0.3) is 10.8 Å². The number of hydrogen-bond acceptors (Lipinski definition) is 1. The molecule has 0 saturated heterocycles. The molecule has 0 radical (unpaired) electrons. The summed E-state index contributed by atoms with van der Waals surface area (Å²) in [6.07, 6.45) is 5.97. The highest BCUT2D eigenvalue weighted by molar-refractivity contribution is 6.03. The Morgan fingerprint density at radius 3 is 2.56 bits per heavy atom. The zero-order chi connectivity index (χ0) is 12.8. The molecule has 0 N–H and O–H groups in total. The van der Waals surface area contributed by atoms with Crippen molar-refractivity contribution in [2.75, 3.05) is 0 Å². The van der Waals surface area contributed by atoms with Gasteiger partial charge in [-0.1, -0.05) is 56.3 Å². The van der Waals surface area contributed by atoms with Gasteiger partial charge in [-0.15, -0.1) is 0 Å². The van der Waals surface area contributed by atoms with E-state index in [0.717, 1.165) is 18.6 Å². The predicted molar refractivity (Wildman–Crippen MR) is 80.2 cm³/mol. The first-order chi connectivity index (χ1) is 8.85. The number of benzene rings is 2. The predicted octanol–water partition coefficient (Wildman–Crippen LogP) is 4.96. The van der Waals surface area contributed by atoms with E-state index < -0.39 is 0 Å². The van der Waals surface area contributed by atoms with Crippen molar-refractivity contribution in [3.63, 3.8) is 0 Å². The Labute approximate surface area is 109 Å². The Kier molecular flexibility index (Phi) is 4.30. The number of rotatable bonds is 4. The van der Waals surface area contributed by atoms with E-state index in [1.54, 1.807) is 0 Å². The van der Waals surface area contributed by atoms with E-state index in [-0.39, 0.29) is 0 Å². The Morgan fingerprint density at radius 2 is 1.83 bits per heavy atom. The van der Waals surface area contributed by atoms with Crippen LogP contribution in [0.15, 0.2) is 59.7 Å². The third-order valence-electron chi connectivity index (χ3n) is 2.99. The molecular weight excluding hydrogens is 218 g/mol. The van der Waals surface area contributed by atoms with Crippen molar-refractivity contribution < 1.29 is 0 Å². The molecule has 0 aliphatic heterocycles. The molecule has 0 unspecified atom stereocenters. The molecule has 0 aliphatic rings. The van der Waals surface area contributed by atoms with E-state index >= 15 is 0 Å². The van der Waals surface area contributed by atoms with Gasteiger partial charge in [0.1, 0.15) is 0 Å². The van der Waals surface area contributed by atoms with Crippen molar-refractivity contribution in [2.24, 2.45) is 4.99 Å². The fourth-order valence-electron chi connectivity index (χ4n) is 1.99. The molecule has 0 spiro atoms. The summed E-state index contributed by atoms with van der Waals surface area (Å²) in [5.74, 6) is 0. The van der Waals surface area contributed by atoms with Gasteiger partial charge in [0, 0.05) is 11.9 Å². The van der Waals surface area contributed by atoms with Crippen LogP contribution in [0.4, 0.5) is 0 Å². The summed E-state index contributed by atoms with van der Waals surface area (Å²) in [5.41, 5.74) is 2.36. The number of nitrogens with zero attached hydrogens (tertiary/aromatic N) is 1. The van der Waals surface area contributed by atoms with Gasteiger partial charge in [0.15, 0.2) is 0 Å². The molecule has 2 aromatic rings. The maximum absolute atomic E-state index is 4.55. The van der Waals surface area contributed by atoms with Crippen molar-refractivity contribution in [2.45, 2.75) is 26.7 Å². The number of hydrogen-bond donors (Lipinski definition) is 0. The van der Waals surface area contributed by atoms with Crippen LogP contribution in [0.2, 0.25) is 0 Å². The molecule has 0 bridgehead atoms. The molecule has 0 aromatic heterocycles. The smallest absolute Gasteiger partial charge is 0.0473 e. The van der Waals surface area contributed by atoms with Crippen LogP contribution in [0.1, 0.15) is 32.3 Å².